The molecule has 9 nitrogen and oxygen atoms in total. The van der Waals surface area contributed by atoms with Gasteiger partial charge in [0, 0.05) is 22.7 Å². The number of esters is 1. The van der Waals surface area contributed by atoms with Crippen molar-refractivity contribution < 1.29 is 28.7 Å². The number of fused-ring (bicyclic) bond motifs is 2. The number of hydrogen-bond acceptors (Lipinski definition) is 8. The van der Waals surface area contributed by atoms with Gasteiger partial charge in [-0.15, -0.1) is 0 Å². The SMILES string of the molecule is COC(=O)[C@]1(C)Oc2ccc([N+](=O)[O-])cc2[C@H](n2c(=S)oc3ccc(Cl)cc32)[C@H]1O. The minimum atomic E-state index is -1.81. The Kier molecular flexibility index (Phi) is 4.80. The summed E-state index contributed by atoms with van der Waals surface area (Å²) in [7, 11) is 1.17. The van der Waals surface area contributed by atoms with Crippen molar-refractivity contribution in [1.29, 1.82) is 0 Å². The van der Waals surface area contributed by atoms with E-state index in [2.05, 4.69) is 0 Å². The molecule has 3 atom stereocenters. The molecule has 30 heavy (non-hydrogen) atoms. The highest BCUT2D eigenvalue weighted by atomic mass is 35.5. The van der Waals surface area contributed by atoms with E-state index in [1.807, 2.05) is 0 Å². The first-order valence-corrected chi connectivity index (χ1v) is 9.50. The molecule has 0 fully saturated rings. The van der Waals surface area contributed by atoms with Gasteiger partial charge in [0.1, 0.15) is 11.9 Å². The number of benzene rings is 2. The van der Waals surface area contributed by atoms with Crippen molar-refractivity contribution >= 4 is 46.6 Å². The predicted octanol–water partition coefficient (Wildman–Crippen LogP) is 3.80. The van der Waals surface area contributed by atoms with Crippen LogP contribution in [0.4, 0.5) is 5.69 Å². The Labute approximate surface area is 179 Å². The van der Waals surface area contributed by atoms with E-state index in [1.165, 1.54) is 36.8 Å². The van der Waals surface area contributed by atoms with Crippen LogP contribution in [-0.4, -0.2) is 39.4 Å². The number of non-ortho nitro benzene ring substituents is 1. The molecule has 1 aliphatic heterocycles. The molecule has 0 radical (unpaired) electrons. The topological polar surface area (TPSA) is 117 Å². The first-order valence-electron chi connectivity index (χ1n) is 8.72. The molecule has 0 amide bonds. The van der Waals surface area contributed by atoms with E-state index >= 15 is 0 Å². The molecule has 156 valence electrons. The minimum Gasteiger partial charge on any atom is -0.473 e. The lowest BCUT2D eigenvalue weighted by Gasteiger charge is -2.42. The third-order valence-electron chi connectivity index (χ3n) is 5.15. The van der Waals surface area contributed by atoms with Crippen molar-refractivity contribution in [3.63, 3.8) is 0 Å². The highest BCUT2D eigenvalue weighted by Crippen LogP contribution is 2.45. The van der Waals surface area contributed by atoms with Crippen LogP contribution in [0.2, 0.25) is 5.02 Å². The molecule has 4 rings (SSSR count). The summed E-state index contributed by atoms with van der Waals surface area (Å²) in [5.41, 5.74) is -0.914. The van der Waals surface area contributed by atoms with Crippen LogP contribution in [0.5, 0.6) is 5.75 Å². The zero-order valence-corrected chi connectivity index (χ0v) is 17.3. The molecule has 1 aromatic heterocycles. The lowest BCUT2D eigenvalue weighted by molar-refractivity contribution is -0.385. The van der Waals surface area contributed by atoms with Gasteiger partial charge < -0.3 is 19.0 Å². The number of nitrogens with zero attached hydrogens (tertiary/aromatic N) is 2. The fourth-order valence-corrected chi connectivity index (χ4v) is 4.12. The number of aliphatic hydroxyl groups is 1. The van der Waals surface area contributed by atoms with Gasteiger partial charge in [-0.1, -0.05) is 11.6 Å². The smallest absolute Gasteiger partial charge is 0.352 e. The van der Waals surface area contributed by atoms with Gasteiger partial charge in [0.25, 0.3) is 10.5 Å². The number of hydrogen-bond donors (Lipinski definition) is 1. The molecule has 1 aliphatic rings. The van der Waals surface area contributed by atoms with E-state index in [1.54, 1.807) is 18.2 Å². The van der Waals surface area contributed by atoms with Gasteiger partial charge in [0.2, 0.25) is 5.60 Å². The van der Waals surface area contributed by atoms with Crippen LogP contribution in [0.25, 0.3) is 11.1 Å². The second kappa shape index (κ2) is 7.08. The number of halogens is 1. The maximum absolute atomic E-state index is 12.5. The Morgan fingerprint density at radius 2 is 2.10 bits per heavy atom. The summed E-state index contributed by atoms with van der Waals surface area (Å²) in [6, 6.07) is 7.65. The number of aromatic nitrogens is 1. The Hall–Kier alpha value is -2.95. The molecule has 1 N–H and O–H groups in total. The van der Waals surface area contributed by atoms with Crippen LogP contribution in [-0.2, 0) is 9.53 Å². The summed E-state index contributed by atoms with van der Waals surface area (Å²) in [5.74, 6) is -0.650. The van der Waals surface area contributed by atoms with Crippen LogP contribution in [0.3, 0.4) is 0 Å². The Balaban J connectivity index is 2.05. The number of nitro groups is 1. The van der Waals surface area contributed by atoms with E-state index in [0.717, 1.165) is 0 Å². The zero-order valence-electron chi connectivity index (χ0n) is 15.7. The Morgan fingerprint density at radius 1 is 1.37 bits per heavy atom. The molecular formula is C19H15ClN2O7S. The van der Waals surface area contributed by atoms with Gasteiger partial charge in [-0.3, -0.25) is 14.7 Å². The van der Waals surface area contributed by atoms with E-state index in [-0.39, 0.29) is 21.8 Å². The largest absolute Gasteiger partial charge is 0.473 e. The van der Waals surface area contributed by atoms with Crippen LogP contribution < -0.4 is 4.74 Å². The third kappa shape index (κ3) is 2.95. The van der Waals surface area contributed by atoms with Gasteiger partial charge in [0.15, 0.2) is 5.58 Å². The quantitative estimate of drug-likeness (QED) is 0.277. The third-order valence-corrected chi connectivity index (χ3v) is 5.67. The number of nitro benzene ring substituents is 1. The molecule has 2 heterocycles. The van der Waals surface area contributed by atoms with Crippen LogP contribution in [0, 0.1) is 15.0 Å². The van der Waals surface area contributed by atoms with Crippen molar-refractivity contribution in [1.82, 2.24) is 4.57 Å². The lowest BCUT2D eigenvalue weighted by atomic mass is 9.84. The highest BCUT2D eigenvalue weighted by Gasteiger charge is 2.54. The second-order valence-electron chi connectivity index (χ2n) is 6.92. The first kappa shape index (κ1) is 20.3. The van der Waals surface area contributed by atoms with E-state index in [4.69, 9.17) is 37.7 Å². The normalized spacial score (nSPS) is 22.9. The number of oxazole rings is 1. The number of rotatable bonds is 3. The Morgan fingerprint density at radius 3 is 2.77 bits per heavy atom. The van der Waals surface area contributed by atoms with Gasteiger partial charge in [-0.25, -0.2) is 4.79 Å². The fourth-order valence-electron chi connectivity index (χ4n) is 3.65. The maximum Gasteiger partial charge on any atom is 0.352 e. The van der Waals surface area contributed by atoms with Gasteiger partial charge in [-0.05, 0) is 43.4 Å². The van der Waals surface area contributed by atoms with Crippen molar-refractivity contribution in [3.8, 4) is 5.75 Å². The number of carbonyl (C=O) groups excluding carboxylic acids is 1. The lowest BCUT2D eigenvalue weighted by Crippen LogP contribution is -2.58. The average Bonchev–Trinajstić information content (AvgIpc) is 3.03. The van der Waals surface area contributed by atoms with Crippen molar-refractivity contribution in [2.45, 2.75) is 24.7 Å². The summed E-state index contributed by atoms with van der Waals surface area (Å²) in [4.78, 5) is 23.3. The van der Waals surface area contributed by atoms with E-state index < -0.39 is 28.6 Å². The summed E-state index contributed by atoms with van der Waals surface area (Å²) < 4.78 is 17.7. The average molecular weight is 451 g/mol. The number of aliphatic hydroxyl groups excluding tert-OH is 1. The van der Waals surface area contributed by atoms with Crippen LogP contribution in [0.1, 0.15) is 18.5 Å². The maximum atomic E-state index is 12.5. The molecule has 0 saturated heterocycles. The number of ether oxygens (including phenoxy) is 2. The second-order valence-corrected chi connectivity index (χ2v) is 7.71. The summed E-state index contributed by atoms with van der Waals surface area (Å²) >= 11 is 11.5. The zero-order chi connectivity index (χ0) is 21.8. The first-order chi connectivity index (χ1) is 14.2. The summed E-state index contributed by atoms with van der Waals surface area (Å²) in [5, 5.41) is 23.0. The number of methoxy groups -OCH3 is 1. The molecular weight excluding hydrogens is 436 g/mol. The van der Waals surface area contributed by atoms with Crippen molar-refractivity contribution in [3.05, 3.63) is 61.9 Å². The van der Waals surface area contributed by atoms with Gasteiger partial charge >= 0.3 is 5.97 Å². The molecule has 11 heteroatoms. The van der Waals surface area contributed by atoms with Gasteiger partial charge in [-0.2, -0.15) is 0 Å². The molecule has 0 saturated carbocycles. The van der Waals surface area contributed by atoms with E-state index in [9.17, 15) is 20.0 Å². The van der Waals surface area contributed by atoms with E-state index in [0.29, 0.717) is 16.1 Å². The molecule has 2 aromatic carbocycles. The highest BCUT2D eigenvalue weighted by molar-refractivity contribution is 7.71. The van der Waals surface area contributed by atoms with Crippen molar-refractivity contribution in [2.24, 2.45) is 0 Å². The van der Waals surface area contributed by atoms with Crippen molar-refractivity contribution in [2.75, 3.05) is 7.11 Å². The molecule has 0 unspecified atom stereocenters. The molecule has 0 bridgehead atoms. The van der Waals surface area contributed by atoms with Crippen LogP contribution in [0.15, 0.2) is 40.8 Å². The Bertz CT molecular complexity index is 1250. The monoisotopic (exact) mass is 450 g/mol. The molecule has 0 spiro atoms. The van der Waals surface area contributed by atoms with Gasteiger partial charge in [0.05, 0.1) is 23.6 Å². The molecule has 0 aliphatic carbocycles. The fraction of sp³-hybridized carbons (Fsp3) is 0.263. The predicted molar refractivity (Wildman–Crippen MR) is 108 cm³/mol. The summed E-state index contributed by atoms with van der Waals surface area (Å²) in [6.45, 7) is 1.37. The minimum absolute atomic E-state index is 0.0112. The summed E-state index contributed by atoms with van der Waals surface area (Å²) in [6.07, 6.45) is -1.52. The number of carbonyl (C=O) groups is 1. The molecule has 3 aromatic rings. The standard InChI is InChI=1S/C19H15ClN2O7S/c1-19(17(24)27-2)16(23)15(11-8-10(22(25)26)4-6-13(11)29-19)21-12-7-9(20)3-5-14(12)28-18(21)30/h3-8,15-16,23H,1-2H3/t15-,16+,19+/m0/s1. The van der Waals surface area contributed by atoms with Crippen LogP contribution >= 0.6 is 23.8 Å².